The van der Waals surface area contributed by atoms with E-state index in [2.05, 4.69) is 0 Å². The molecule has 1 amide bonds. The number of ether oxygens (including phenoxy) is 2. The number of hydrogen-bond acceptors (Lipinski definition) is 5. The zero-order valence-electron chi connectivity index (χ0n) is 14.7. The molecule has 7 heteroatoms. The summed E-state index contributed by atoms with van der Waals surface area (Å²) in [6, 6.07) is 10.2. The first-order valence-corrected chi connectivity index (χ1v) is 8.44. The van der Waals surface area contributed by atoms with E-state index < -0.39 is 24.2 Å². The van der Waals surface area contributed by atoms with E-state index in [1.54, 1.807) is 29.2 Å². The Bertz CT molecular complexity index is 878. The van der Waals surface area contributed by atoms with Gasteiger partial charge in [0, 0.05) is 24.2 Å². The quantitative estimate of drug-likeness (QED) is 0.577. The fraction of sp³-hybridized carbons (Fsp3) is 0.250. The van der Waals surface area contributed by atoms with Gasteiger partial charge in [0.05, 0.1) is 12.7 Å². The number of Topliss-reactive ketones (excluding diaryl/α,β-unsaturated/α-hetero) is 1. The normalized spacial score (nSPS) is 13.6. The topological polar surface area (TPSA) is 72.9 Å². The van der Waals surface area contributed by atoms with Crippen LogP contribution in [0, 0.1) is 5.82 Å². The molecule has 1 saturated heterocycles. The molecule has 2 aromatic carbocycles. The van der Waals surface area contributed by atoms with Crippen molar-refractivity contribution in [2.75, 3.05) is 25.2 Å². The largest absolute Gasteiger partial charge is 0.494 e. The van der Waals surface area contributed by atoms with Gasteiger partial charge in [-0.1, -0.05) is 0 Å². The predicted molar refractivity (Wildman–Crippen MR) is 95.6 cm³/mol. The number of esters is 1. The molecule has 0 radical (unpaired) electrons. The molecule has 0 bridgehead atoms. The Labute approximate surface area is 155 Å². The summed E-state index contributed by atoms with van der Waals surface area (Å²) in [5.41, 5.74) is 1.09. The Morgan fingerprint density at radius 1 is 1.11 bits per heavy atom. The number of halogens is 1. The van der Waals surface area contributed by atoms with Gasteiger partial charge in [-0.3, -0.25) is 9.59 Å². The number of ketones is 1. The van der Waals surface area contributed by atoms with E-state index in [9.17, 15) is 18.8 Å². The van der Waals surface area contributed by atoms with Crippen LogP contribution in [0.5, 0.6) is 5.75 Å². The smallest absolute Gasteiger partial charge is 0.338 e. The Kier molecular flexibility index (Phi) is 5.49. The van der Waals surface area contributed by atoms with Crippen LogP contribution < -0.4 is 9.64 Å². The lowest BCUT2D eigenvalue weighted by Crippen LogP contribution is -2.23. The molecule has 0 atom stereocenters. The van der Waals surface area contributed by atoms with Crippen molar-refractivity contribution in [3.63, 3.8) is 0 Å². The first-order chi connectivity index (χ1) is 13.0. The van der Waals surface area contributed by atoms with Gasteiger partial charge < -0.3 is 14.4 Å². The van der Waals surface area contributed by atoms with E-state index in [0.717, 1.165) is 18.2 Å². The van der Waals surface area contributed by atoms with Gasteiger partial charge in [0.1, 0.15) is 0 Å². The van der Waals surface area contributed by atoms with Crippen LogP contribution in [0.15, 0.2) is 42.5 Å². The van der Waals surface area contributed by atoms with Gasteiger partial charge in [-0.15, -0.1) is 0 Å². The number of benzene rings is 2. The van der Waals surface area contributed by atoms with Gasteiger partial charge >= 0.3 is 5.97 Å². The second kappa shape index (κ2) is 7.99. The summed E-state index contributed by atoms with van der Waals surface area (Å²) >= 11 is 0. The fourth-order valence-corrected chi connectivity index (χ4v) is 2.84. The molecule has 6 nitrogen and oxygen atoms in total. The van der Waals surface area contributed by atoms with Crippen molar-refractivity contribution >= 4 is 23.3 Å². The van der Waals surface area contributed by atoms with E-state index in [-0.39, 0.29) is 17.2 Å². The van der Waals surface area contributed by atoms with Crippen LogP contribution >= 0.6 is 0 Å². The van der Waals surface area contributed by atoms with Crippen LogP contribution in [0.2, 0.25) is 0 Å². The highest BCUT2D eigenvalue weighted by Crippen LogP contribution is 2.22. The summed E-state index contributed by atoms with van der Waals surface area (Å²) in [5, 5.41) is 0. The number of nitrogens with zero attached hydrogens (tertiary/aromatic N) is 1. The summed E-state index contributed by atoms with van der Waals surface area (Å²) in [7, 11) is 1.32. The number of anilines is 1. The third-order valence-electron chi connectivity index (χ3n) is 4.30. The number of amides is 1. The Morgan fingerprint density at radius 2 is 1.81 bits per heavy atom. The zero-order valence-corrected chi connectivity index (χ0v) is 14.7. The van der Waals surface area contributed by atoms with Crippen molar-refractivity contribution in [1.82, 2.24) is 0 Å². The highest BCUT2D eigenvalue weighted by atomic mass is 19.1. The van der Waals surface area contributed by atoms with Gasteiger partial charge in [0.15, 0.2) is 24.0 Å². The Morgan fingerprint density at radius 3 is 2.41 bits per heavy atom. The second-order valence-corrected chi connectivity index (χ2v) is 6.04. The molecule has 0 aliphatic carbocycles. The molecule has 2 aromatic rings. The monoisotopic (exact) mass is 371 g/mol. The van der Waals surface area contributed by atoms with E-state index in [1.807, 2.05) is 0 Å². The lowest BCUT2D eigenvalue weighted by molar-refractivity contribution is -0.117. The number of carbonyl (C=O) groups excluding carboxylic acids is 3. The molecule has 0 N–H and O–H groups in total. The Hall–Kier alpha value is -3.22. The van der Waals surface area contributed by atoms with Crippen molar-refractivity contribution in [2.45, 2.75) is 12.8 Å². The third kappa shape index (κ3) is 4.13. The molecule has 27 heavy (non-hydrogen) atoms. The van der Waals surface area contributed by atoms with E-state index in [0.29, 0.717) is 18.5 Å². The minimum Gasteiger partial charge on any atom is -0.494 e. The molecule has 1 heterocycles. The summed E-state index contributed by atoms with van der Waals surface area (Å²) in [6.07, 6.45) is 1.35. The fourth-order valence-electron chi connectivity index (χ4n) is 2.84. The van der Waals surface area contributed by atoms with E-state index in [4.69, 9.17) is 9.47 Å². The maximum atomic E-state index is 13.6. The maximum Gasteiger partial charge on any atom is 0.338 e. The first kappa shape index (κ1) is 18.6. The lowest BCUT2D eigenvalue weighted by atomic mass is 10.1. The SMILES string of the molecule is COc1ccc(C(=O)OCC(=O)c2ccc(N3CCCC3=O)cc2)cc1F. The maximum absolute atomic E-state index is 13.6. The molecular formula is C20H18FNO5. The van der Waals surface area contributed by atoms with Crippen LogP contribution in [0.3, 0.4) is 0 Å². The number of methoxy groups -OCH3 is 1. The lowest BCUT2D eigenvalue weighted by Gasteiger charge is -2.15. The van der Waals surface area contributed by atoms with Gasteiger partial charge in [-0.2, -0.15) is 0 Å². The molecule has 0 unspecified atom stereocenters. The first-order valence-electron chi connectivity index (χ1n) is 8.44. The zero-order chi connectivity index (χ0) is 19.4. The van der Waals surface area contributed by atoms with Crippen molar-refractivity contribution in [2.24, 2.45) is 0 Å². The minimum absolute atomic E-state index is 0.0102. The molecule has 3 rings (SSSR count). The molecule has 140 valence electrons. The molecule has 1 aliphatic rings. The van der Waals surface area contributed by atoms with Crippen molar-refractivity contribution < 1.29 is 28.2 Å². The van der Waals surface area contributed by atoms with Gasteiger partial charge in [0.25, 0.3) is 0 Å². The van der Waals surface area contributed by atoms with Crippen LogP contribution in [0.4, 0.5) is 10.1 Å². The van der Waals surface area contributed by atoms with E-state index >= 15 is 0 Å². The highest BCUT2D eigenvalue weighted by Gasteiger charge is 2.22. The minimum atomic E-state index is -0.802. The number of rotatable bonds is 6. The number of carbonyl (C=O) groups is 3. The standard InChI is InChI=1S/C20H18FNO5/c1-26-18-9-6-14(11-16(18)21)20(25)27-12-17(23)13-4-7-15(8-5-13)22-10-2-3-19(22)24/h4-9,11H,2-3,10,12H2,1H3. The summed E-state index contributed by atoms with van der Waals surface area (Å²) < 4.78 is 23.4. The van der Waals surface area contributed by atoms with Crippen molar-refractivity contribution in [3.05, 3.63) is 59.4 Å². The molecular weight excluding hydrogens is 353 g/mol. The summed E-state index contributed by atoms with van der Waals surface area (Å²) in [5.74, 6) is -1.81. The average Bonchev–Trinajstić information content (AvgIpc) is 3.11. The molecule has 0 spiro atoms. The second-order valence-electron chi connectivity index (χ2n) is 6.04. The molecule has 0 saturated carbocycles. The molecule has 1 aliphatic heterocycles. The van der Waals surface area contributed by atoms with Crippen LogP contribution in [0.25, 0.3) is 0 Å². The van der Waals surface area contributed by atoms with E-state index in [1.165, 1.54) is 19.2 Å². The average molecular weight is 371 g/mol. The summed E-state index contributed by atoms with van der Waals surface area (Å²) in [6.45, 7) is 0.205. The van der Waals surface area contributed by atoms with Crippen LogP contribution in [-0.4, -0.2) is 37.9 Å². The number of hydrogen-bond donors (Lipinski definition) is 0. The van der Waals surface area contributed by atoms with Crippen LogP contribution in [-0.2, 0) is 9.53 Å². The molecule has 1 fully saturated rings. The Balaban J connectivity index is 1.59. The predicted octanol–water partition coefficient (Wildman–Crippen LogP) is 3.00. The van der Waals surface area contributed by atoms with Crippen LogP contribution in [0.1, 0.15) is 33.6 Å². The van der Waals surface area contributed by atoms with Crippen molar-refractivity contribution in [3.8, 4) is 5.75 Å². The van der Waals surface area contributed by atoms with Gasteiger partial charge in [-0.25, -0.2) is 9.18 Å². The highest BCUT2D eigenvalue weighted by molar-refractivity contribution is 6.00. The molecule has 0 aromatic heterocycles. The van der Waals surface area contributed by atoms with Gasteiger partial charge in [-0.05, 0) is 48.9 Å². The third-order valence-corrected chi connectivity index (χ3v) is 4.30. The summed E-state index contributed by atoms with van der Waals surface area (Å²) in [4.78, 5) is 37.6. The van der Waals surface area contributed by atoms with Crippen molar-refractivity contribution in [1.29, 1.82) is 0 Å². The van der Waals surface area contributed by atoms with Gasteiger partial charge in [0.2, 0.25) is 5.91 Å².